The first-order valence-corrected chi connectivity index (χ1v) is 16.9. The molecule has 11 atom stereocenters. The first-order valence-electron chi connectivity index (χ1n) is 16.9. The largest absolute Gasteiger partial charge is 0.462 e. The van der Waals surface area contributed by atoms with Gasteiger partial charge in [-0.15, -0.1) is 0 Å². The number of rotatable bonds is 11. The summed E-state index contributed by atoms with van der Waals surface area (Å²) < 4.78 is 17.2. The standard InChI is InChI=1S/C35H60O5/c1-9-23(4)33(37)40-27-16-18-34(7)26(20-27)11-12-28-30-14-13-29(35(30,8)19-17-31(28)34)24(5)10-15-32(36)39-25(6)38-21-22(2)3/h22-31H,9-21H2,1-8H3/t23?,24?,25?,26?,27?,28?,29?,30?,31?,34-,35+/m0/s1. The number of esters is 2. The molecule has 0 amide bonds. The maximum absolute atomic E-state index is 12.5. The van der Waals surface area contributed by atoms with Gasteiger partial charge in [0, 0.05) is 6.42 Å². The fraction of sp³-hybridized carbons (Fsp3) is 0.943. The van der Waals surface area contributed by atoms with E-state index < -0.39 is 6.29 Å². The normalized spacial score (nSPS) is 39.4. The molecule has 5 heteroatoms. The number of hydrogen-bond donors (Lipinski definition) is 0. The summed E-state index contributed by atoms with van der Waals surface area (Å²) in [6.45, 7) is 18.3. The molecule has 0 heterocycles. The Morgan fingerprint density at radius 2 is 1.57 bits per heavy atom. The molecule has 4 rings (SSSR count). The highest BCUT2D eigenvalue weighted by atomic mass is 16.7. The van der Waals surface area contributed by atoms with Crippen LogP contribution < -0.4 is 0 Å². The summed E-state index contributed by atoms with van der Waals surface area (Å²) in [5.41, 5.74) is 0.787. The van der Waals surface area contributed by atoms with E-state index in [9.17, 15) is 9.59 Å². The highest BCUT2D eigenvalue weighted by Gasteiger charge is 2.60. The Hall–Kier alpha value is -1.10. The molecule has 0 N–H and O–H groups in total. The predicted octanol–water partition coefficient (Wildman–Crippen LogP) is 8.58. The number of ether oxygens (including phenoxy) is 3. The second-order valence-corrected chi connectivity index (χ2v) is 15.3. The molecule has 0 spiro atoms. The lowest BCUT2D eigenvalue weighted by Gasteiger charge is -2.61. The highest BCUT2D eigenvalue weighted by molar-refractivity contribution is 5.72. The van der Waals surface area contributed by atoms with Gasteiger partial charge in [-0.3, -0.25) is 9.59 Å². The SMILES string of the molecule is CCC(C)C(=O)OC1CC[C@@]2(C)C(CCC3C4CCC(C(C)CCC(=O)OC(C)OCC(C)C)[C@@]4(C)CCC32)C1. The molecule has 4 aliphatic rings. The maximum Gasteiger partial charge on any atom is 0.308 e. The zero-order valence-electron chi connectivity index (χ0n) is 27.0. The van der Waals surface area contributed by atoms with E-state index in [1.165, 1.54) is 44.9 Å². The van der Waals surface area contributed by atoms with Crippen molar-refractivity contribution in [2.24, 2.45) is 58.2 Å². The van der Waals surface area contributed by atoms with E-state index in [0.29, 0.717) is 47.5 Å². The van der Waals surface area contributed by atoms with Crippen LogP contribution in [0.25, 0.3) is 0 Å². The molecule has 5 nitrogen and oxygen atoms in total. The molecule has 0 radical (unpaired) electrons. The van der Waals surface area contributed by atoms with E-state index in [4.69, 9.17) is 14.2 Å². The quantitative estimate of drug-likeness (QED) is 0.187. The summed E-state index contributed by atoms with van der Waals surface area (Å²) in [5, 5.41) is 0. The minimum atomic E-state index is -0.465. The summed E-state index contributed by atoms with van der Waals surface area (Å²) in [6, 6.07) is 0. The third-order valence-electron chi connectivity index (χ3n) is 12.4. The van der Waals surface area contributed by atoms with Crippen LogP contribution in [0.4, 0.5) is 0 Å². The number of carbonyl (C=O) groups excluding carboxylic acids is 2. The van der Waals surface area contributed by atoms with E-state index in [2.05, 4.69) is 41.5 Å². The predicted molar refractivity (Wildman–Crippen MR) is 159 cm³/mol. The number of carbonyl (C=O) groups is 2. The van der Waals surface area contributed by atoms with Gasteiger partial charge >= 0.3 is 11.9 Å². The van der Waals surface area contributed by atoms with Gasteiger partial charge < -0.3 is 14.2 Å². The monoisotopic (exact) mass is 560 g/mol. The average Bonchev–Trinajstić information content (AvgIpc) is 3.27. The number of hydrogen-bond acceptors (Lipinski definition) is 5. The molecular weight excluding hydrogens is 500 g/mol. The molecule has 230 valence electrons. The first kappa shape index (κ1) is 31.8. The minimum absolute atomic E-state index is 0.00609. The fourth-order valence-corrected chi connectivity index (χ4v) is 9.90. The molecule has 0 aliphatic heterocycles. The Morgan fingerprint density at radius 3 is 2.27 bits per heavy atom. The lowest BCUT2D eigenvalue weighted by Crippen LogP contribution is -2.54. The Kier molecular flexibility index (Phi) is 10.4. The summed E-state index contributed by atoms with van der Waals surface area (Å²) >= 11 is 0. The van der Waals surface area contributed by atoms with Gasteiger partial charge in [0.15, 0.2) is 6.29 Å². The summed E-state index contributed by atoms with van der Waals surface area (Å²) in [4.78, 5) is 25.0. The third kappa shape index (κ3) is 6.60. The van der Waals surface area contributed by atoms with Crippen molar-refractivity contribution in [1.82, 2.24) is 0 Å². The van der Waals surface area contributed by atoms with Crippen LogP contribution in [0, 0.1) is 58.2 Å². The fourth-order valence-electron chi connectivity index (χ4n) is 9.90. The molecule has 0 aromatic heterocycles. The van der Waals surface area contributed by atoms with Gasteiger partial charge in [-0.25, -0.2) is 0 Å². The van der Waals surface area contributed by atoms with Crippen LogP contribution >= 0.6 is 0 Å². The van der Waals surface area contributed by atoms with Gasteiger partial charge in [-0.1, -0.05) is 48.5 Å². The molecule has 0 bridgehead atoms. The van der Waals surface area contributed by atoms with Gasteiger partial charge in [-0.05, 0) is 130 Å². The van der Waals surface area contributed by atoms with Crippen LogP contribution in [0.2, 0.25) is 0 Å². The van der Waals surface area contributed by atoms with Crippen molar-refractivity contribution in [2.75, 3.05) is 6.61 Å². The summed E-state index contributed by atoms with van der Waals surface area (Å²) in [5.74, 6) is 4.71. The third-order valence-corrected chi connectivity index (χ3v) is 12.4. The van der Waals surface area contributed by atoms with Gasteiger partial charge in [0.2, 0.25) is 0 Å². The molecule has 40 heavy (non-hydrogen) atoms. The van der Waals surface area contributed by atoms with Crippen molar-refractivity contribution in [1.29, 1.82) is 0 Å². The van der Waals surface area contributed by atoms with Gasteiger partial charge in [0.25, 0.3) is 0 Å². The molecule has 0 aromatic rings. The van der Waals surface area contributed by atoms with Crippen molar-refractivity contribution in [3.05, 3.63) is 0 Å². The lowest BCUT2D eigenvalue weighted by molar-refractivity contribution is -0.177. The molecule has 0 aromatic carbocycles. The molecule has 4 saturated carbocycles. The summed E-state index contributed by atoms with van der Waals surface area (Å²) in [7, 11) is 0. The highest BCUT2D eigenvalue weighted by Crippen LogP contribution is 2.68. The van der Waals surface area contributed by atoms with Gasteiger partial charge in [-0.2, -0.15) is 0 Å². The van der Waals surface area contributed by atoms with Crippen LogP contribution in [-0.4, -0.2) is 30.9 Å². The van der Waals surface area contributed by atoms with Crippen molar-refractivity contribution in [3.8, 4) is 0 Å². The van der Waals surface area contributed by atoms with Crippen LogP contribution in [0.1, 0.15) is 132 Å². The zero-order chi connectivity index (χ0) is 29.2. The van der Waals surface area contributed by atoms with E-state index in [1.807, 2.05) is 13.8 Å². The Morgan fingerprint density at radius 1 is 0.875 bits per heavy atom. The van der Waals surface area contributed by atoms with E-state index in [1.54, 1.807) is 0 Å². The first-order chi connectivity index (χ1) is 18.9. The van der Waals surface area contributed by atoms with Gasteiger partial charge in [0.05, 0.1) is 12.5 Å². The van der Waals surface area contributed by atoms with Gasteiger partial charge in [0.1, 0.15) is 6.10 Å². The molecule has 9 unspecified atom stereocenters. The van der Waals surface area contributed by atoms with E-state index in [0.717, 1.165) is 43.4 Å². The second kappa shape index (κ2) is 13.0. The Labute approximate surface area is 245 Å². The summed E-state index contributed by atoms with van der Waals surface area (Å²) in [6.07, 6.45) is 13.2. The van der Waals surface area contributed by atoms with E-state index >= 15 is 0 Å². The van der Waals surface area contributed by atoms with Crippen molar-refractivity contribution in [2.45, 2.75) is 145 Å². The molecule has 0 saturated heterocycles. The Bertz CT molecular complexity index is 870. The van der Waals surface area contributed by atoms with Crippen molar-refractivity contribution in [3.63, 3.8) is 0 Å². The van der Waals surface area contributed by atoms with Crippen molar-refractivity contribution >= 4 is 11.9 Å². The smallest absolute Gasteiger partial charge is 0.308 e. The Balaban J connectivity index is 1.32. The van der Waals surface area contributed by atoms with Crippen LogP contribution in [0.5, 0.6) is 0 Å². The van der Waals surface area contributed by atoms with Crippen LogP contribution in [0.15, 0.2) is 0 Å². The molecule has 4 fully saturated rings. The molecular formula is C35H60O5. The maximum atomic E-state index is 12.5. The lowest BCUT2D eigenvalue weighted by atomic mass is 9.44. The minimum Gasteiger partial charge on any atom is -0.462 e. The van der Waals surface area contributed by atoms with Crippen LogP contribution in [-0.2, 0) is 23.8 Å². The topological polar surface area (TPSA) is 61.8 Å². The molecule has 4 aliphatic carbocycles. The zero-order valence-corrected chi connectivity index (χ0v) is 27.0. The van der Waals surface area contributed by atoms with E-state index in [-0.39, 0.29) is 24.0 Å². The van der Waals surface area contributed by atoms with Crippen molar-refractivity contribution < 1.29 is 23.8 Å². The average molecular weight is 561 g/mol. The van der Waals surface area contributed by atoms with Crippen LogP contribution in [0.3, 0.4) is 0 Å². The second-order valence-electron chi connectivity index (χ2n) is 15.3. The number of fused-ring (bicyclic) bond motifs is 5.